The van der Waals surface area contributed by atoms with Gasteiger partial charge in [0.25, 0.3) is 0 Å². The number of sulfone groups is 1. The Balaban J connectivity index is 1.90. The number of anilines is 2. The quantitative estimate of drug-likeness (QED) is 0.729. The summed E-state index contributed by atoms with van der Waals surface area (Å²) in [5, 5.41) is 3.99. The van der Waals surface area contributed by atoms with Gasteiger partial charge in [0.1, 0.15) is 12.1 Å². The van der Waals surface area contributed by atoms with Gasteiger partial charge in [-0.3, -0.25) is 0 Å². The minimum atomic E-state index is -3.21. The van der Waals surface area contributed by atoms with Crippen LogP contribution in [0.25, 0.3) is 10.9 Å². The molecule has 1 aliphatic heterocycles. The minimum Gasteiger partial charge on any atom is -0.340 e. The van der Waals surface area contributed by atoms with E-state index in [1.54, 1.807) is 12.1 Å². The maximum Gasteiger partial charge on any atom is 0.179 e. The van der Waals surface area contributed by atoms with Gasteiger partial charge in [-0.15, -0.1) is 6.42 Å². The lowest BCUT2D eigenvalue weighted by Gasteiger charge is -2.11. The zero-order valence-electron chi connectivity index (χ0n) is 12.7. The molecule has 0 radical (unpaired) electrons. The fraction of sp³-hybridized carbons (Fsp3) is 0.111. The van der Waals surface area contributed by atoms with Gasteiger partial charge in [0.05, 0.1) is 16.2 Å². The molecule has 0 atom stereocenters. The van der Waals surface area contributed by atoms with E-state index < -0.39 is 9.84 Å². The molecule has 5 nitrogen and oxygen atoms in total. The van der Waals surface area contributed by atoms with Crippen LogP contribution in [0.4, 0.5) is 11.5 Å². The monoisotopic (exact) mass is 335 g/mol. The predicted molar refractivity (Wildman–Crippen MR) is 93.0 cm³/mol. The van der Waals surface area contributed by atoms with Gasteiger partial charge in [-0.25, -0.2) is 18.4 Å². The Morgan fingerprint density at radius 3 is 2.88 bits per heavy atom. The van der Waals surface area contributed by atoms with Crippen molar-refractivity contribution in [2.75, 3.05) is 11.1 Å². The van der Waals surface area contributed by atoms with Crippen molar-refractivity contribution in [3.63, 3.8) is 0 Å². The first kappa shape index (κ1) is 14.7. The van der Waals surface area contributed by atoms with Crippen LogP contribution in [-0.2, 0) is 16.3 Å². The van der Waals surface area contributed by atoms with E-state index in [0.29, 0.717) is 17.1 Å². The molecule has 0 unspecified atom stereocenters. The molecule has 0 bridgehead atoms. The first-order chi connectivity index (χ1) is 11.6. The van der Waals surface area contributed by atoms with Gasteiger partial charge in [0, 0.05) is 16.6 Å². The molecule has 0 saturated carbocycles. The maximum atomic E-state index is 12.2. The highest BCUT2D eigenvalue weighted by atomic mass is 32.2. The largest absolute Gasteiger partial charge is 0.340 e. The number of hydrogen-bond donors (Lipinski definition) is 1. The summed E-state index contributed by atoms with van der Waals surface area (Å²) in [7, 11) is -3.21. The Bertz CT molecular complexity index is 1110. The highest BCUT2D eigenvalue weighted by Gasteiger charge is 2.29. The van der Waals surface area contributed by atoms with Crippen molar-refractivity contribution < 1.29 is 8.42 Å². The molecule has 0 spiro atoms. The van der Waals surface area contributed by atoms with Crippen LogP contribution in [0.15, 0.2) is 47.6 Å². The topological polar surface area (TPSA) is 72.0 Å². The molecule has 2 heterocycles. The van der Waals surface area contributed by atoms with Crippen molar-refractivity contribution in [3.8, 4) is 12.3 Å². The number of aryl methyl sites for hydroxylation is 1. The van der Waals surface area contributed by atoms with E-state index in [1.165, 1.54) is 6.33 Å². The Kier molecular flexibility index (Phi) is 3.25. The molecule has 4 rings (SSSR count). The molecular weight excluding hydrogens is 322 g/mol. The Morgan fingerprint density at radius 2 is 2.04 bits per heavy atom. The third-order valence-corrected chi connectivity index (χ3v) is 5.91. The second kappa shape index (κ2) is 5.32. The molecule has 24 heavy (non-hydrogen) atoms. The molecule has 118 valence electrons. The lowest BCUT2D eigenvalue weighted by Crippen LogP contribution is -2.00. The highest BCUT2D eigenvalue weighted by molar-refractivity contribution is 7.91. The Labute approximate surface area is 139 Å². The third-order valence-electron chi connectivity index (χ3n) is 4.12. The van der Waals surface area contributed by atoms with Crippen molar-refractivity contribution in [1.29, 1.82) is 0 Å². The molecule has 0 saturated heterocycles. The summed E-state index contributed by atoms with van der Waals surface area (Å²) in [6.45, 7) is 0. The smallest absolute Gasteiger partial charge is 0.179 e. The summed E-state index contributed by atoms with van der Waals surface area (Å²) < 4.78 is 24.3. The van der Waals surface area contributed by atoms with E-state index in [9.17, 15) is 8.42 Å². The van der Waals surface area contributed by atoms with Crippen LogP contribution in [-0.4, -0.2) is 24.1 Å². The number of benzene rings is 2. The van der Waals surface area contributed by atoms with Crippen LogP contribution >= 0.6 is 0 Å². The Hall–Kier alpha value is -2.91. The van der Waals surface area contributed by atoms with Gasteiger partial charge in [0.2, 0.25) is 0 Å². The van der Waals surface area contributed by atoms with E-state index in [1.807, 2.05) is 24.3 Å². The lowest BCUT2D eigenvalue weighted by molar-refractivity contribution is 0.600. The molecule has 2 aromatic carbocycles. The average molecular weight is 335 g/mol. The van der Waals surface area contributed by atoms with Gasteiger partial charge in [-0.1, -0.05) is 12.0 Å². The first-order valence-electron chi connectivity index (χ1n) is 7.41. The van der Waals surface area contributed by atoms with E-state index in [-0.39, 0.29) is 5.75 Å². The standard InChI is InChI=1S/C18H13N3O2S/c1-2-12-4-3-5-13(10-12)21-18-17-14-8-9-24(22,23)16(14)7-6-15(17)19-11-20-18/h1,3-7,10-11H,8-9H2,(H,19,20,21). The number of hydrogen-bond acceptors (Lipinski definition) is 5. The first-order valence-corrected chi connectivity index (χ1v) is 9.07. The number of rotatable bonds is 2. The molecule has 1 aliphatic rings. The van der Waals surface area contributed by atoms with Crippen molar-refractivity contribution in [3.05, 3.63) is 53.9 Å². The molecule has 1 aromatic heterocycles. The molecule has 3 aromatic rings. The van der Waals surface area contributed by atoms with E-state index >= 15 is 0 Å². The summed E-state index contributed by atoms with van der Waals surface area (Å²) in [5.74, 6) is 3.30. The van der Waals surface area contributed by atoms with Crippen LogP contribution in [0.3, 0.4) is 0 Å². The van der Waals surface area contributed by atoms with E-state index in [4.69, 9.17) is 6.42 Å². The van der Waals surface area contributed by atoms with Gasteiger partial charge < -0.3 is 5.32 Å². The number of nitrogens with one attached hydrogen (secondary N) is 1. The molecule has 0 amide bonds. The van der Waals surface area contributed by atoms with Gasteiger partial charge in [-0.05, 0) is 42.3 Å². The van der Waals surface area contributed by atoms with E-state index in [0.717, 1.165) is 27.7 Å². The highest BCUT2D eigenvalue weighted by Crippen LogP contribution is 2.35. The summed E-state index contributed by atoms with van der Waals surface area (Å²) in [6, 6.07) is 10.8. The fourth-order valence-corrected chi connectivity index (χ4v) is 4.55. The zero-order chi connectivity index (χ0) is 16.7. The lowest BCUT2D eigenvalue weighted by atomic mass is 10.1. The van der Waals surface area contributed by atoms with Crippen LogP contribution in [0.1, 0.15) is 11.1 Å². The summed E-state index contributed by atoms with van der Waals surface area (Å²) in [6.07, 6.45) is 7.37. The molecule has 1 N–H and O–H groups in total. The van der Waals surface area contributed by atoms with Crippen molar-refractivity contribution >= 4 is 32.2 Å². The van der Waals surface area contributed by atoms with Crippen LogP contribution < -0.4 is 5.32 Å². The van der Waals surface area contributed by atoms with Crippen molar-refractivity contribution in [2.45, 2.75) is 11.3 Å². The number of aromatic nitrogens is 2. The maximum absolute atomic E-state index is 12.2. The molecule has 0 fully saturated rings. The fourth-order valence-electron chi connectivity index (χ4n) is 3.01. The number of terminal acetylenes is 1. The normalized spacial score (nSPS) is 15.0. The second-order valence-electron chi connectivity index (χ2n) is 5.58. The van der Waals surface area contributed by atoms with E-state index in [2.05, 4.69) is 21.2 Å². The average Bonchev–Trinajstić information content (AvgIpc) is 2.90. The van der Waals surface area contributed by atoms with Gasteiger partial charge >= 0.3 is 0 Å². The SMILES string of the molecule is C#Cc1cccc(Nc2ncnc3ccc4c(c23)CCS4(=O)=O)c1. The molecule has 0 aliphatic carbocycles. The van der Waals surface area contributed by atoms with Gasteiger partial charge in [0.15, 0.2) is 9.84 Å². The third kappa shape index (κ3) is 2.30. The van der Waals surface area contributed by atoms with Crippen LogP contribution in [0.2, 0.25) is 0 Å². The predicted octanol–water partition coefficient (Wildman–Crippen LogP) is 2.68. The summed E-state index contributed by atoms with van der Waals surface area (Å²) >= 11 is 0. The molecular formula is C18H13N3O2S. The van der Waals surface area contributed by atoms with Crippen molar-refractivity contribution in [2.24, 2.45) is 0 Å². The zero-order valence-corrected chi connectivity index (χ0v) is 13.5. The number of nitrogens with zero attached hydrogens (tertiary/aromatic N) is 2. The minimum absolute atomic E-state index is 0.127. The number of fused-ring (bicyclic) bond motifs is 3. The summed E-state index contributed by atoms with van der Waals surface area (Å²) in [4.78, 5) is 8.96. The summed E-state index contributed by atoms with van der Waals surface area (Å²) in [5.41, 5.74) is 3.05. The van der Waals surface area contributed by atoms with Crippen LogP contribution in [0, 0.1) is 12.3 Å². The molecule has 6 heteroatoms. The second-order valence-corrected chi connectivity index (χ2v) is 7.66. The van der Waals surface area contributed by atoms with Crippen LogP contribution in [0.5, 0.6) is 0 Å². The van der Waals surface area contributed by atoms with Crippen molar-refractivity contribution in [1.82, 2.24) is 9.97 Å². The van der Waals surface area contributed by atoms with Gasteiger partial charge in [-0.2, -0.15) is 0 Å². The Morgan fingerprint density at radius 1 is 1.17 bits per heavy atom.